The zero-order valence-electron chi connectivity index (χ0n) is 14.2. The van der Waals surface area contributed by atoms with Crippen molar-refractivity contribution in [3.63, 3.8) is 0 Å². The van der Waals surface area contributed by atoms with E-state index < -0.39 is 0 Å². The van der Waals surface area contributed by atoms with Crippen LogP contribution in [-0.2, 0) is 11.2 Å². The molecule has 5 nitrogen and oxygen atoms in total. The van der Waals surface area contributed by atoms with Gasteiger partial charge in [0.1, 0.15) is 0 Å². The average Bonchev–Trinajstić information content (AvgIpc) is 3.23. The Morgan fingerprint density at radius 2 is 2.17 bits per heavy atom. The lowest BCUT2D eigenvalue weighted by Gasteiger charge is -2.29. The molecule has 2 atom stereocenters. The van der Waals surface area contributed by atoms with Gasteiger partial charge in [0.15, 0.2) is 5.78 Å². The Hall–Kier alpha value is -1.78. The lowest BCUT2D eigenvalue weighted by atomic mass is 9.76. The predicted molar refractivity (Wildman–Crippen MR) is 88.2 cm³/mol. The predicted octanol–water partition coefficient (Wildman–Crippen LogP) is 3.40. The van der Waals surface area contributed by atoms with Crippen molar-refractivity contribution in [1.82, 2.24) is 9.97 Å². The lowest BCUT2D eigenvalue weighted by molar-refractivity contribution is -0.117. The number of fused-ring (bicyclic) bond motifs is 1. The summed E-state index contributed by atoms with van der Waals surface area (Å²) in [5.74, 6) is 1.08. The molecule has 1 fully saturated rings. The van der Waals surface area contributed by atoms with Crippen LogP contribution in [0.5, 0.6) is 0 Å². The van der Waals surface area contributed by atoms with Crippen LogP contribution in [0.15, 0.2) is 6.20 Å². The standard InChI is InChI=1S/C18H25N3O2/c1-4-5-6-11-7-12(11)16(23)21-17-19-10-13-14(20-17)8-18(2,3)9-15(13)22/h10-12H,4-9H2,1-3H3,(H,19,20,21,23)/t11-,12-/m1/s1. The fraction of sp³-hybridized carbons (Fsp3) is 0.667. The topological polar surface area (TPSA) is 72.0 Å². The first-order valence-corrected chi connectivity index (χ1v) is 8.59. The number of rotatable bonds is 5. The van der Waals surface area contributed by atoms with Gasteiger partial charge in [-0.25, -0.2) is 9.97 Å². The van der Waals surface area contributed by atoms with Crippen LogP contribution in [0.3, 0.4) is 0 Å². The summed E-state index contributed by atoms with van der Waals surface area (Å²) in [5.41, 5.74) is 1.28. The number of Topliss-reactive ketones (excluding diaryl/α,β-unsaturated/α-hetero) is 1. The molecule has 0 radical (unpaired) electrons. The van der Waals surface area contributed by atoms with Crippen molar-refractivity contribution in [1.29, 1.82) is 0 Å². The fourth-order valence-corrected chi connectivity index (χ4v) is 3.45. The van der Waals surface area contributed by atoms with Gasteiger partial charge in [0.2, 0.25) is 11.9 Å². The number of unbranched alkanes of at least 4 members (excludes halogenated alkanes) is 1. The zero-order chi connectivity index (χ0) is 16.6. The monoisotopic (exact) mass is 315 g/mol. The maximum Gasteiger partial charge on any atom is 0.230 e. The van der Waals surface area contributed by atoms with Gasteiger partial charge >= 0.3 is 0 Å². The Morgan fingerprint density at radius 3 is 2.91 bits per heavy atom. The third-order valence-corrected chi connectivity index (χ3v) is 4.88. The number of hydrogen-bond donors (Lipinski definition) is 1. The summed E-state index contributed by atoms with van der Waals surface area (Å²) in [6.07, 6.45) is 7.28. The second kappa shape index (κ2) is 6.02. The van der Waals surface area contributed by atoms with Crippen molar-refractivity contribution in [2.24, 2.45) is 17.3 Å². The second-order valence-electron chi connectivity index (χ2n) is 7.73. The summed E-state index contributed by atoms with van der Waals surface area (Å²) >= 11 is 0. The molecular weight excluding hydrogens is 290 g/mol. The maximum atomic E-state index is 12.3. The van der Waals surface area contributed by atoms with E-state index >= 15 is 0 Å². The molecule has 1 aromatic rings. The third kappa shape index (κ3) is 3.59. The van der Waals surface area contributed by atoms with E-state index in [1.165, 1.54) is 12.8 Å². The van der Waals surface area contributed by atoms with Gasteiger partial charge in [-0.1, -0.05) is 33.6 Å². The second-order valence-corrected chi connectivity index (χ2v) is 7.73. The van der Waals surface area contributed by atoms with Gasteiger partial charge in [0.05, 0.1) is 11.3 Å². The number of carbonyl (C=O) groups is 2. The van der Waals surface area contributed by atoms with Crippen molar-refractivity contribution in [3.8, 4) is 0 Å². The highest BCUT2D eigenvalue weighted by Crippen LogP contribution is 2.43. The molecule has 0 bridgehead atoms. The smallest absolute Gasteiger partial charge is 0.230 e. The number of ketones is 1. The van der Waals surface area contributed by atoms with E-state index in [0.717, 1.165) is 25.0 Å². The van der Waals surface area contributed by atoms with E-state index in [1.54, 1.807) is 6.20 Å². The lowest BCUT2D eigenvalue weighted by Crippen LogP contribution is -2.29. The number of amides is 1. The molecular formula is C18H25N3O2. The van der Waals surface area contributed by atoms with E-state index in [9.17, 15) is 9.59 Å². The number of hydrogen-bond acceptors (Lipinski definition) is 4. The SMILES string of the molecule is CCCC[C@@H]1C[C@H]1C(=O)Nc1ncc2c(n1)CC(C)(C)CC2=O. The summed E-state index contributed by atoms with van der Waals surface area (Å²) in [6, 6.07) is 0. The first-order valence-electron chi connectivity index (χ1n) is 8.59. The largest absolute Gasteiger partial charge is 0.294 e. The Balaban J connectivity index is 1.66. The van der Waals surface area contributed by atoms with E-state index in [1.807, 2.05) is 0 Å². The van der Waals surface area contributed by atoms with Crippen molar-refractivity contribution < 1.29 is 9.59 Å². The molecule has 23 heavy (non-hydrogen) atoms. The summed E-state index contributed by atoms with van der Waals surface area (Å²) in [4.78, 5) is 33.0. The van der Waals surface area contributed by atoms with Gasteiger partial charge in [0.25, 0.3) is 0 Å². The van der Waals surface area contributed by atoms with Crippen LogP contribution in [0.1, 0.15) is 68.9 Å². The molecule has 0 spiro atoms. The molecule has 0 unspecified atom stereocenters. The summed E-state index contributed by atoms with van der Waals surface area (Å²) in [7, 11) is 0. The molecule has 1 heterocycles. The van der Waals surface area contributed by atoms with Crippen LogP contribution >= 0.6 is 0 Å². The van der Waals surface area contributed by atoms with E-state index in [-0.39, 0.29) is 23.0 Å². The van der Waals surface area contributed by atoms with Crippen molar-refractivity contribution in [2.75, 3.05) is 5.32 Å². The van der Waals surface area contributed by atoms with Crippen LogP contribution in [0.2, 0.25) is 0 Å². The minimum atomic E-state index is -0.0819. The molecule has 1 amide bonds. The number of anilines is 1. The third-order valence-electron chi connectivity index (χ3n) is 4.88. The molecule has 2 aliphatic carbocycles. The molecule has 1 saturated carbocycles. The molecule has 3 rings (SSSR count). The number of nitrogens with zero attached hydrogens (tertiary/aromatic N) is 2. The molecule has 124 valence electrons. The van der Waals surface area contributed by atoms with E-state index in [2.05, 4.69) is 36.1 Å². The van der Waals surface area contributed by atoms with Gasteiger partial charge in [-0.2, -0.15) is 0 Å². The minimum absolute atomic E-state index is 0.0208. The highest BCUT2D eigenvalue weighted by Gasteiger charge is 2.42. The van der Waals surface area contributed by atoms with Gasteiger partial charge < -0.3 is 0 Å². The molecule has 1 aromatic heterocycles. The van der Waals surface area contributed by atoms with E-state index in [0.29, 0.717) is 23.9 Å². The first kappa shape index (κ1) is 16.1. The molecule has 0 saturated heterocycles. The van der Waals surface area contributed by atoms with Crippen molar-refractivity contribution >= 4 is 17.6 Å². The minimum Gasteiger partial charge on any atom is -0.294 e. The fourth-order valence-electron chi connectivity index (χ4n) is 3.45. The van der Waals surface area contributed by atoms with Crippen LogP contribution in [0.25, 0.3) is 0 Å². The summed E-state index contributed by atoms with van der Waals surface area (Å²) in [5, 5.41) is 2.83. The van der Waals surface area contributed by atoms with Gasteiger partial charge in [0, 0.05) is 18.5 Å². The Kier molecular flexibility index (Phi) is 4.21. The molecule has 2 aliphatic rings. The maximum absolute atomic E-state index is 12.3. The zero-order valence-corrected chi connectivity index (χ0v) is 14.2. The van der Waals surface area contributed by atoms with Gasteiger partial charge in [-0.3, -0.25) is 14.9 Å². The highest BCUT2D eigenvalue weighted by molar-refractivity contribution is 5.98. The van der Waals surface area contributed by atoms with Crippen LogP contribution in [0.4, 0.5) is 5.95 Å². The number of nitrogens with one attached hydrogen (secondary N) is 1. The summed E-state index contributed by atoms with van der Waals surface area (Å²) in [6.45, 7) is 6.30. The summed E-state index contributed by atoms with van der Waals surface area (Å²) < 4.78 is 0. The average molecular weight is 315 g/mol. The number of aromatic nitrogens is 2. The van der Waals surface area contributed by atoms with Crippen molar-refractivity contribution in [3.05, 3.63) is 17.5 Å². The molecule has 1 N–H and O–H groups in total. The Morgan fingerprint density at radius 1 is 1.39 bits per heavy atom. The van der Waals surface area contributed by atoms with Crippen LogP contribution in [-0.4, -0.2) is 21.7 Å². The first-order chi connectivity index (χ1) is 10.9. The van der Waals surface area contributed by atoms with Crippen LogP contribution in [0, 0.1) is 17.3 Å². The van der Waals surface area contributed by atoms with Crippen LogP contribution < -0.4 is 5.32 Å². The van der Waals surface area contributed by atoms with Gasteiger partial charge in [-0.15, -0.1) is 0 Å². The van der Waals surface area contributed by atoms with E-state index in [4.69, 9.17) is 0 Å². The quantitative estimate of drug-likeness (QED) is 0.904. The Labute approximate surface area is 137 Å². The molecule has 0 aromatic carbocycles. The molecule has 5 heteroatoms. The van der Waals surface area contributed by atoms with Gasteiger partial charge in [-0.05, 0) is 30.6 Å². The van der Waals surface area contributed by atoms with Crippen molar-refractivity contribution in [2.45, 2.75) is 59.3 Å². The molecule has 0 aliphatic heterocycles. The normalized spacial score (nSPS) is 24.9. The highest BCUT2D eigenvalue weighted by atomic mass is 16.2. The Bertz CT molecular complexity index is 639. The number of carbonyl (C=O) groups excluding carboxylic acids is 2.